The van der Waals surface area contributed by atoms with Crippen molar-refractivity contribution in [3.63, 3.8) is 0 Å². The summed E-state index contributed by atoms with van der Waals surface area (Å²) in [5.74, 6) is -0.241. The van der Waals surface area contributed by atoms with Gasteiger partial charge in [0.05, 0.1) is 15.6 Å². The molecule has 0 bridgehead atoms. The van der Waals surface area contributed by atoms with E-state index in [4.69, 9.17) is 23.2 Å². The van der Waals surface area contributed by atoms with E-state index in [0.29, 0.717) is 16.1 Å². The maximum atomic E-state index is 12.9. The summed E-state index contributed by atoms with van der Waals surface area (Å²) in [5, 5.41) is 16.7. The standard InChI is InChI=1S/C21H17Cl2N3O5S/c1-13-2-8-17(11-20(13)32(30,31)12-14-3-5-15(22)6-4-14)24-21(27)25-18-10-16(23)7-9-19(18)26(28)29/h2-11H,12H2,1H3,(H2,24,25,27). The molecule has 0 atom stereocenters. The van der Waals surface area contributed by atoms with Crippen LogP contribution in [-0.2, 0) is 15.6 Å². The molecule has 0 aliphatic rings. The summed E-state index contributed by atoms with van der Waals surface area (Å²) in [6, 6.07) is 13.9. The van der Waals surface area contributed by atoms with Gasteiger partial charge in [0.2, 0.25) is 0 Å². The molecule has 8 nitrogen and oxygen atoms in total. The van der Waals surface area contributed by atoms with Crippen molar-refractivity contribution >= 4 is 56.1 Å². The number of carbonyl (C=O) groups excluding carboxylic acids is 1. The van der Waals surface area contributed by atoms with Crippen LogP contribution >= 0.6 is 23.2 Å². The lowest BCUT2D eigenvalue weighted by Crippen LogP contribution is -2.20. The smallest absolute Gasteiger partial charge is 0.308 e. The Morgan fingerprint density at radius 3 is 2.28 bits per heavy atom. The fourth-order valence-corrected chi connectivity index (χ4v) is 4.89. The molecule has 0 radical (unpaired) electrons. The van der Waals surface area contributed by atoms with Crippen molar-refractivity contribution in [1.82, 2.24) is 0 Å². The highest BCUT2D eigenvalue weighted by Crippen LogP contribution is 2.28. The fourth-order valence-electron chi connectivity index (χ4n) is 2.94. The van der Waals surface area contributed by atoms with Crippen LogP contribution in [0.15, 0.2) is 65.6 Å². The number of amides is 2. The number of sulfone groups is 1. The Hall–Kier alpha value is -3.14. The number of hydrogen-bond acceptors (Lipinski definition) is 5. The maximum Gasteiger partial charge on any atom is 0.323 e. The third-order valence-electron chi connectivity index (χ3n) is 4.45. The number of benzene rings is 3. The Morgan fingerprint density at radius 2 is 1.62 bits per heavy atom. The van der Waals surface area contributed by atoms with Gasteiger partial charge in [-0.15, -0.1) is 0 Å². The van der Waals surface area contributed by atoms with E-state index in [-0.39, 0.29) is 32.7 Å². The van der Waals surface area contributed by atoms with E-state index in [0.717, 1.165) is 0 Å². The van der Waals surface area contributed by atoms with E-state index in [1.165, 1.54) is 30.3 Å². The number of rotatable bonds is 6. The highest BCUT2D eigenvalue weighted by atomic mass is 35.5. The van der Waals surface area contributed by atoms with Gasteiger partial charge in [0, 0.05) is 21.8 Å². The Bertz CT molecular complexity index is 1300. The minimum atomic E-state index is -3.72. The van der Waals surface area contributed by atoms with E-state index >= 15 is 0 Å². The molecule has 0 fully saturated rings. The molecule has 2 amide bonds. The predicted octanol–water partition coefficient (Wildman–Crippen LogP) is 5.83. The molecule has 32 heavy (non-hydrogen) atoms. The number of carbonyl (C=O) groups is 1. The van der Waals surface area contributed by atoms with Gasteiger partial charge >= 0.3 is 6.03 Å². The highest BCUT2D eigenvalue weighted by Gasteiger charge is 2.20. The third kappa shape index (κ3) is 5.76. The molecule has 0 spiro atoms. The van der Waals surface area contributed by atoms with Gasteiger partial charge in [-0.05, 0) is 54.4 Å². The minimum Gasteiger partial charge on any atom is -0.308 e. The van der Waals surface area contributed by atoms with Gasteiger partial charge in [-0.1, -0.05) is 41.4 Å². The normalized spacial score (nSPS) is 11.1. The Balaban J connectivity index is 1.81. The molecule has 0 aliphatic carbocycles. The lowest BCUT2D eigenvalue weighted by Gasteiger charge is -2.12. The maximum absolute atomic E-state index is 12.9. The summed E-state index contributed by atoms with van der Waals surface area (Å²) in [4.78, 5) is 22.9. The molecule has 0 heterocycles. The number of anilines is 2. The lowest BCUT2D eigenvalue weighted by molar-refractivity contribution is -0.383. The van der Waals surface area contributed by atoms with E-state index in [2.05, 4.69) is 10.6 Å². The van der Waals surface area contributed by atoms with Crippen molar-refractivity contribution in [2.75, 3.05) is 10.6 Å². The van der Waals surface area contributed by atoms with Gasteiger partial charge in [0.25, 0.3) is 5.69 Å². The van der Waals surface area contributed by atoms with Gasteiger partial charge in [0.15, 0.2) is 9.84 Å². The zero-order valence-corrected chi connectivity index (χ0v) is 19.0. The van der Waals surface area contributed by atoms with Crippen LogP contribution in [0.5, 0.6) is 0 Å². The van der Waals surface area contributed by atoms with Crippen molar-refractivity contribution in [3.8, 4) is 0 Å². The van der Waals surface area contributed by atoms with Crippen LogP contribution in [0.2, 0.25) is 10.0 Å². The summed E-state index contributed by atoms with van der Waals surface area (Å²) in [5.41, 5.74) is 0.850. The number of nitrogens with zero attached hydrogens (tertiary/aromatic N) is 1. The Morgan fingerprint density at radius 1 is 0.969 bits per heavy atom. The van der Waals surface area contributed by atoms with Crippen LogP contribution < -0.4 is 10.6 Å². The average Bonchev–Trinajstić information content (AvgIpc) is 2.70. The lowest BCUT2D eigenvalue weighted by atomic mass is 10.2. The first-order chi connectivity index (χ1) is 15.0. The third-order valence-corrected chi connectivity index (χ3v) is 6.76. The predicted molar refractivity (Wildman–Crippen MR) is 124 cm³/mol. The van der Waals surface area contributed by atoms with E-state index in [1.54, 1.807) is 37.3 Å². The summed E-state index contributed by atoms with van der Waals surface area (Å²) < 4.78 is 25.9. The molecule has 0 unspecified atom stereocenters. The van der Waals surface area contributed by atoms with Crippen molar-refractivity contribution in [2.24, 2.45) is 0 Å². The molecule has 0 aliphatic heterocycles. The van der Waals surface area contributed by atoms with Crippen molar-refractivity contribution in [2.45, 2.75) is 17.6 Å². The van der Waals surface area contributed by atoms with Gasteiger partial charge in [-0.2, -0.15) is 0 Å². The van der Waals surface area contributed by atoms with E-state index in [1.807, 2.05) is 0 Å². The minimum absolute atomic E-state index is 0.0546. The van der Waals surface area contributed by atoms with Crippen LogP contribution in [0.4, 0.5) is 21.9 Å². The Kier molecular flexibility index (Phi) is 7.02. The van der Waals surface area contributed by atoms with Crippen LogP contribution in [0, 0.1) is 17.0 Å². The molecule has 3 aromatic rings. The number of hydrogen-bond donors (Lipinski definition) is 2. The van der Waals surface area contributed by atoms with Gasteiger partial charge in [0.1, 0.15) is 5.69 Å². The van der Waals surface area contributed by atoms with Crippen molar-refractivity contribution in [1.29, 1.82) is 0 Å². The molecular formula is C21H17Cl2N3O5S. The number of halogens is 2. The zero-order chi connectivity index (χ0) is 23.5. The number of aryl methyl sites for hydroxylation is 1. The second-order valence-electron chi connectivity index (χ2n) is 6.86. The molecule has 3 rings (SSSR count). The quantitative estimate of drug-likeness (QED) is 0.330. The van der Waals surface area contributed by atoms with E-state index < -0.39 is 20.8 Å². The molecule has 0 saturated heterocycles. The molecule has 166 valence electrons. The van der Waals surface area contributed by atoms with Gasteiger partial charge in [-0.3, -0.25) is 10.1 Å². The van der Waals surface area contributed by atoms with Crippen LogP contribution in [0.3, 0.4) is 0 Å². The largest absolute Gasteiger partial charge is 0.323 e. The first-order valence-corrected chi connectivity index (χ1v) is 11.6. The van der Waals surface area contributed by atoms with Gasteiger partial charge < -0.3 is 10.6 Å². The first-order valence-electron chi connectivity index (χ1n) is 9.15. The fraction of sp³-hybridized carbons (Fsp3) is 0.0952. The van der Waals surface area contributed by atoms with E-state index in [9.17, 15) is 23.3 Å². The molecule has 3 aromatic carbocycles. The van der Waals surface area contributed by atoms with Crippen LogP contribution in [0.25, 0.3) is 0 Å². The molecular weight excluding hydrogens is 477 g/mol. The van der Waals surface area contributed by atoms with Crippen molar-refractivity contribution < 1.29 is 18.1 Å². The highest BCUT2D eigenvalue weighted by molar-refractivity contribution is 7.90. The topological polar surface area (TPSA) is 118 Å². The monoisotopic (exact) mass is 493 g/mol. The van der Waals surface area contributed by atoms with Gasteiger partial charge in [-0.25, -0.2) is 13.2 Å². The molecule has 11 heteroatoms. The molecule has 0 saturated carbocycles. The first kappa shape index (κ1) is 23.5. The summed E-state index contributed by atoms with van der Waals surface area (Å²) in [7, 11) is -3.72. The van der Waals surface area contributed by atoms with Crippen LogP contribution in [-0.4, -0.2) is 19.4 Å². The molecule has 2 N–H and O–H groups in total. The molecule has 0 aromatic heterocycles. The number of urea groups is 1. The Labute approximate surface area is 194 Å². The van der Waals surface area contributed by atoms with Crippen LogP contribution in [0.1, 0.15) is 11.1 Å². The number of nitro benzene ring substituents is 1. The second-order valence-corrected chi connectivity index (χ2v) is 9.69. The number of nitrogens with one attached hydrogen (secondary N) is 2. The zero-order valence-electron chi connectivity index (χ0n) is 16.6. The second kappa shape index (κ2) is 9.56. The summed E-state index contributed by atoms with van der Waals surface area (Å²) >= 11 is 11.7. The summed E-state index contributed by atoms with van der Waals surface area (Å²) in [6.45, 7) is 1.65. The average molecular weight is 494 g/mol. The van der Waals surface area contributed by atoms with Crippen molar-refractivity contribution in [3.05, 3.63) is 92.0 Å². The number of nitro groups is 1. The SMILES string of the molecule is Cc1ccc(NC(=O)Nc2cc(Cl)ccc2[N+](=O)[O-])cc1S(=O)(=O)Cc1ccc(Cl)cc1. The summed E-state index contributed by atoms with van der Waals surface area (Å²) in [6.07, 6.45) is 0.